The van der Waals surface area contributed by atoms with Crippen molar-refractivity contribution in [2.45, 2.75) is 32.9 Å². The lowest BCUT2D eigenvalue weighted by atomic mass is 10.0. The third kappa shape index (κ3) is 2.84. The minimum absolute atomic E-state index is 0.253. The summed E-state index contributed by atoms with van der Waals surface area (Å²) in [7, 11) is 0. The molecule has 7 heteroatoms. The molecular formula is C15H21N5O2. The highest BCUT2D eigenvalue weighted by Crippen LogP contribution is 2.23. The third-order valence-electron chi connectivity index (χ3n) is 3.62. The molecule has 0 aliphatic carbocycles. The topological polar surface area (TPSA) is 86.3 Å². The van der Waals surface area contributed by atoms with Crippen LogP contribution in [0.5, 0.6) is 0 Å². The summed E-state index contributed by atoms with van der Waals surface area (Å²) in [5, 5.41) is 8.27. The highest BCUT2D eigenvalue weighted by molar-refractivity contribution is 5.86. The van der Waals surface area contributed by atoms with Crippen LogP contribution < -0.4 is 5.73 Å². The van der Waals surface area contributed by atoms with E-state index in [1.54, 1.807) is 4.90 Å². The summed E-state index contributed by atoms with van der Waals surface area (Å²) < 4.78 is 7.20. The van der Waals surface area contributed by atoms with Gasteiger partial charge in [0.2, 0.25) is 0 Å². The lowest BCUT2D eigenvalue weighted by Gasteiger charge is -2.39. The van der Waals surface area contributed by atoms with Gasteiger partial charge in [0.25, 0.3) is 0 Å². The van der Waals surface area contributed by atoms with Crippen LogP contribution in [0.15, 0.2) is 18.2 Å². The fourth-order valence-corrected chi connectivity index (χ4v) is 2.55. The molecule has 1 aliphatic rings. The number of hydrogen-bond donors (Lipinski definition) is 1. The van der Waals surface area contributed by atoms with Gasteiger partial charge in [-0.3, -0.25) is 0 Å². The number of nitrogen functional groups attached to an aromatic ring is 1. The average Bonchev–Trinajstić information content (AvgIpc) is 2.75. The van der Waals surface area contributed by atoms with E-state index in [0.29, 0.717) is 24.7 Å². The van der Waals surface area contributed by atoms with Crippen LogP contribution in [0.4, 0.5) is 10.5 Å². The van der Waals surface area contributed by atoms with Gasteiger partial charge in [0.1, 0.15) is 11.1 Å². The monoisotopic (exact) mass is 303 g/mol. The summed E-state index contributed by atoms with van der Waals surface area (Å²) in [5.41, 5.74) is 7.71. The van der Waals surface area contributed by atoms with Crippen molar-refractivity contribution in [2.24, 2.45) is 5.92 Å². The second-order valence-corrected chi connectivity index (χ2v) is 6.74. The maximum Gasteiger partial charge on any atom is 0.410 e. The minimum Gasteiger partial charge on any atom is -0.444 e. The van der Waals surface area contributed by atoms with Gasteiger partial charge in [0, 0.05) is 25.6 Å². The molecule has 1 aromatic heterocycles. The zero-order valence-electron chi connectivity index (χ0n) is 13.1. The van der Waals surface area contributed by atoms with Crippen molar-refractivity contribution in [3.63, 3.8) is 0 Å². The molecular weight excluding hydrogens is 282 g/mol. The van der Waals surface area contributed by atoms with Crippen molar-refractivity contribution in [1.82, 2.24) is 19.9 Å². The Kier molecular flexibility index (Phi) is 3.42. The second kappa shape index (κ2) is 5.15. The number of nitrogens with two attached hydrogens (primary N) is 1. The highest BCUT2D eigenvalue weighted by Gasteiger charge is 2.34. The zero-order valence-corrected chi connectivity index (χ0v) is 13.1. The molecule has 22 heavy (non-hydrogen) atoms. The maximum absolute atomic E-state index is 11.9. The molecule has 0 spiro atoms. The van der Waals surface area contributed by atoms with Crippen LogP contribution in [0.3, 0.4) is 0 Å². The molecule has 0 saturated carbocycles. The number of nitrogens with zero attached hydrogens (tertiary/aromatic N) is 4. The fraction of sp³-hybridized carbons (Fsp3) is 0.533. The van der Waals surface area contributed by atoms with Gasteiger partial charge in [0.15, 0.2) is 0 Å². The van der Waals surface area contributed by atoms with Crippen LogP contribution in [0.2, 0.25) is 0 Å². The van der Waals surface area contributed by atoms with E-state index in [9.17, 15) is 4.79 Å². The summed E-state index contributed by atoms with van der Waals surface area (Å²) >= 11 is 0. The van der Waals surface area contributed by atoms with E-state index in [2.05, 4.69) is 10.3 Å². The van der Waals surface area contributed by atoms with E-state index in [0.717, 1.165) is 17.6 Å². The Hall–Kier alpha value is -2.31. The summed E-state index contributed by atoms with van der Waals surface area (Å²) in [6, 6.07) is 5.66. The number of amides is 1. The van der Waals surface area contributed by atoms with Crippen LogP contribution in [-0.4, -0.2) is 44.7 Å². The standard InChI is InChI=1S/C15H21N5O2/c1-15(2,3)22-14(21)19-7-10(8-19)9-20-12-6-4-5-11(16)13(12)17-18-20/h4-6,10H,7-9,16H2,1-3H3. The van der Waals surface area contributed by atoms with E-state index in [1.165, 1.54) is 0 Å². The van der Waals surface area contributed by atoms with Gasteiger partial charge >= 0.3 is 6.09 Å². The van der Waals surface area contributed by atoms with Crippen molar-refractivity contribution >= 4 is 22.8 Å². The molecule has 0 bridgehead atoms. The lowest BCUT2D eigenvalue weighted by molar-refractivity contribution is -0.00371. The molecule has 7 nitrogen and oxygen atoms in total. The molecule has 2 aromatic rings. The number of fused-ring (bicyclic) bond motifs is 1. The molecule has 0 radical (unpaired) electrons. The van der Waals surface area contributed by atoms with Gasteiger partial charge in [0.05, 0.1) is 11.2 Å². The molecule has 1 saturated heterocycles. The van der Waals surface area contributed by atoms with Gasteiger partial charge in [-0.15, -0.1) is 5.10 Å². The maximum atomic E-state index is 11.9. The van der Waals surface area contributed by atoms with E-state index in [-0.39, 0.29) is 6.09 Å². The Morgan fingerprint density at radius 3 is 2.82 bits per heavy atom. The summed E-state index contributed by atoms with van der Waals surface area (Å²) in [6.07, 6.45) is -0.253. The Labute approximate surface area is 129 Å². The van der Waals surface area contributed by atoms with Crippen molar-refractivity contribution in [1.29, 1.82) is 0 Å². The number of benzene rings is 1. The Balaban J connectivity index is 1.60. The van der Waals surface area contributed by atoms with Crippen molar-refractivity contribution in [2.75, 3.05) is 18.8 Å². The van der Waals surface area contributed by atoms with Crippen molar-refractivity contribution in [3.8, 4) is 0 Å². The molecule has 3 rings (SSSR count). The first-order valence-corrected chi connectivity index (χ1v) is 7.39. The van der Waals surface area contributed by atoms with Gasteiger partial charge in [-0.05, 0) is 32.9 Å². The largest absolute Gasteiger partial charge is 0.444 e. The number of anilines is 1. The predicted octanol–water partition coefficient (Wildman–Crippen LogP) is 1.88. The van der Waals surface area contributed by atoms with Crippen LogP contribution in [0.25, 0.3) is 11.0 Å². The van der Waals surface area contributed by atoms with E-state index in [4.69, 9.17) is 10.5 Å². The molecule has 0 unspecified atom stereocenters. The first-order chi connectivity index (χ1) is 10.3. The minimum atomic E-state index is -0.457. The molecule has 2 N–H and O–H groups in total. The van der Waals surface area contributed by atoms with Crippen LogP contribution in [0.1, 0.15) is 20.8 Å². The van der Waals surface area contributed by atoms with Crippen molar-refractivity contribution in [3.05, 3.63) is 18.2 Å². The Bertz CT molecular complexity index is 698. The molecule has 2 heterocycles. The second-order valence-electron chi connectivity index (χ2n) is 6.74. The third-order valence-corrected chi connectivity index (χ3v) is 3.62. The fourth-order valence-electron chi connectivity index (χ4n) is 2.55. The molecule has 1 amide bonds. The first-order valence-electron chi connectivity index (χ1n) is 7.39. The predicted molar refractivity (Wildman–Crippen MR) is 83.2 cm³/mol. The quantitative estimate of drug-likeness (QED) is 0.856. The highest BCUT2D eigenvalue weighted by atomic mass is 16.6. The lowest BCUT2D eigenvalue weighted by Crippen LogP contribution is -2.52. The van der Waals surface area contributed by atoms with Gasteiger partial charge < -0.3 is 15.4 Å². The first kappa shape index (κ1) is 14.6. The summed E-state index contributed by atoms with van der Waals surface area (Å²) in [5.74, 6) is 0.360. The van der Waals surface area contributed by atoms with Gasteiger partial charge in [-0.1, -0.05) is 11.3 Å². The molecule has 118 valence electrons. The molecule has 1 aromatic carbocycles. The average molecular weight is 303 g/mol. The van der Waals surface area contributed by atoms with E-state index < -0.39 is 5.60 Å². The van der Waals surface area contributed by atoms with Crippen LogP contribution >= 0.6 is 0 Å². The Morgan fingerprint density at radius 2 is 2.14 bits per heavy atom. The molecule has 1 fully saturated rings. The normalized spacial score (nSPS) is 15.9. The van der Waals surface area contributed by atoms with Gasteiger partial charge in [-0.25, -0.2) is 9.48 Å². The summed E-state index contributed by atoms with van der Waals surface area (Å²) in [6.45, 7) is 7.69. The number of rotatable bonds is 2. The van der Waals surface area contributed by atoms with Crippen LogP contribution in [0, 0.1) is 5.92 Å². The number of carbonyl (C=O) groups excluding carboxylic acids is 1. The van der Waals surface area contributed by atoms with Crippen molar-refractivity contribution < 1.29 is 9.53 Å². The summed E-state index contributed by atoms with van der Waals surface area (Å²) in [4.78, 5) is 13.6. The number of aromatic nitrogens is 3. The Morgan fingerprint density at radius 1 is 1.41 bits per heavy atom. The smallest absolute Gasteiger partial charge is 0.410 e. The zero-order chi connectivity index (χ0) is 15.9. The number of carbonyl (C=O) groups is 1. The van der Waals surface area contributed by atoms with Gasteiger partial charge in [-0.2, -0.15) is 0 Å². The number of hydrogen-bond acceptors (Lipinski definition) is 5. The molecule has 0 atom stereocenters. The van der Waals surface area contributed by atoms with E-state index in [1.807, 2.05) is 43.7 Å². The number of likely N-dealkylation sites (tertiary alicyclic amines) is 1. The molecule has 1 aliphatic heterocycles. The van der Waals surface area contributed by atoms with E-state index >= 15 is 0 Å². The van der Waals surface area contributed by atoms with Crippen LogP contribution in [-0.2, 0) is 11.3 Å². The SMILES string of the molecule is CC(C)(C)OC(=O)N1CC(Cn2nnc3c(N)cccc32)C1. The number of ether oxygens (including phenoxy) is 1.